The minimum absolute atomic E-state index is 0.354. The Kier molecular flexibility index (Phi) is 3.34. The molecule has 1 N–H and O–H groups in total. The number of benzene rings is 1. The average molecular weight is 229 g/mol. The van der Waals surface area contributed by atoms with Crippen LogP contribution in [0.5, 0.6) is 0 Å². The van der Waals surface area contributed by atoms with Gasteiger partial charge in [-0.3, -0.25) is 0 Å². The zero-order valence-electron chi connectivity index (χ0n) is 9.65. The van der Waals surface area contributed by atoms with Gasteiger partial charge in [0.25, 0.3) is 0 Å². The highest BCUT2D eigenvalue weighted by molar-refractivity contribution is 5.89. The summed E-state index contributed by atoms with van der Waals surface area (Å²) >= 11 is 0. The number of carbonyl (C=O) groups is 1. The molecule has 0 saturated carbocycles. The summed E-state index contributed by atoms with van der Waals surface area (Å²) in [6.07, 6.45) is 7.94. The van der Waals surface area contributed by atoms with Crippen molar-refractivity contribution in [3.63, 3.8) is 0 Å². The summed E-state index contributed by atoms with van der Waals surface area (Å²) in [6, 6.07) is 5.35. The molecule has 17 heavy (non-hydrogen) atoms. The molecule has 0 atom stereocenters. The van der Waals surface area contributed by atoms with E-state index in [1.807, 2.05) is 6.07 Å². The van der Waals surface area contributed by atoms with Crippen LogP contribution in [0.25, 0.3) is 0 Å². The van der Waals surface area contributed by atoms with E-state index in [1.54, 1.807) is 12.1 Å². The molecule has 1 heterocycles. The van der Waals surface area contributed by atoms with Crippen molar-refractivity contribution in [2.24, 2.45) is 0 Å². The lowest BCUT2D eigenvalue weighted by Gasteiger charge is -2.19. The maximum Gasteiger partial charge on any atom is 0.335 e. The number of fused-ring (bicyclic) bond motifs is 1. The van der Waals surface area contributed by atoms with Gasteiger partial charge in [0.15, 0.2) is 0 Å². The molecule has 1 aromatic carbocycles. The summed E-state index contributed by atoms with van der Waals surface area (Å²) in [5.74, 6) is 1.75. The van der Waals surface area contributed by atoms with Crippen molar-refractivity contribution >= 4 is 11.7 Å². The molecule has 88 valence electrons. The lowest BCUT2D eigenvalue weighted by atomic mass is 10.1. The molecule has 1 aliphatic rings. The van der Waals surface area contributed by atoms with Gasteiger partial charge in [0.05, 0.1) is 5.56 Å². The minimum Gasteiger partial charge on any atom is -0.478 e. The number of terminal acetylenes is 1. The zero-order chi connectivity index (χ0) is 12.3. The number of carboxylic acid groups (broad SMARTS) is 1. The lowest BCUT2D eigenvalue weighted by molar-refractivity contribution is 0.0697. The van der Waals surface area contributed by atoms with Gasteiger partial charge in [-0.05, 0) is 30.5 Å². The number of aromatic carboxylic acids is 1. The molecule has 0 spiro atoms. The molecule has 1 aliphatic heterocycles. The van der Waals surface area contributed by atoms with Crippen molar-refractivity contribution in [1.82, 2.24) is 0 Å². The molecule has 0 amide bonds. The van der Waals surface area contributed by atoms with E-state index in [9.17, 15) is 4.79 Å². The molecule has 0 radical (unpaired) electrons. The van der Waals surface area contributed by atoms with E-state index in [1.165, 1.54) is 5.56 Å². The Morgan fingerprint density at radius 2 is 2.35 bits per heavy atom. The van der Waals surface area contributed by atoms with Crippen LogP contribution in [0.4, 0.5) is 5.69 Å². The molecule has 0 fully saturated rings. The largest absolute Gasteiger partial charge is 0.478 e. The maximum absolute atomic E-state index is 10.9. The Hall–Kier alpha value is -1.95. The van der Waals surface area contributed by atoms with Crippen LogP contribution >= 0.6 is 0 Å². The van der Waals surface area contributed by atoms with E-state index in [4.69, 9.17) is 11.5 Å². The predicted octanol–water partition coefficient (Wildman–Crippen LogP) is 2.16. The second-order valence-corrected chi connectivity index (χ2v) is 4.19. The number of anilines is 1. The van der Waals surface area contributed by atoms with Crippen molar-refractivity contribution in [3.05, 3.63) is 29.3 Å². The van der Waals surface area contributed by atoms with Crippen LogP contribution in [0, 0.1) is 12.3 Å². The Morgan fingerprint density at radius 3 is 3.06 bits per heavy atom. The summed E-state index contributed by atoms with van der Waals surface area (Å²) in [4.78, 5) is 13.1. The molecule has 1 aromatic rings. The van der Waals surface area contributed by atoms with Gasteiger partial charge in [-0.1, -0.05) is 6.07 Å². The van der Waals surface area contributed by atoms with E-state index in [2.05, 4.69) is 10.8 Å². The second kappa shape index (κ2) is 4.92. The highest BCUT2D eigenvalue weighted by Crippen LogP contribution is 2.29. The first kappa shape index (κ1) is 11.5. The third kappa shape index (κ3) is 2.42. The summed E-state index contributed by atoms with van der Waals surface area (Å²) < 4.78 is 0. The van der Waals surface area contributed by atoms with Gasteiger partial charge >= 0.3 is 5.97 Å². The highest BCUT2D eigenvalue weighted by atomic mass is 16.4. The van der Waals surface area contributed by atoms with Gasteiger partial charge in [0.2, 0.25) is 0 Å². The van der Waals surface area contributed by atoms with Gasteiger partial charge < -0.3 is 10.0 Å². The SMILES string of the molecule is C#CCCCN1CCc2ccc(C(=O)O)cc21. The van der Waals surface area contributed by atoms with Crippen LogP contribution in [0.15, 0.2) is 18.2 Å². The minimum atomic E-state index is -0.872. The fourth-order valence-corrected chi connectivity index (χ4v) is 2.18. The van der Waals surface area contributed by atoms with Gasteiger partial charge in [0.1, 0.15) is 0 Å². The van der Waals surface area contributed by atoms with Gasteiger partial charge in [-0.2, -0.15) is 0 Å². The monoisotopic (exact) mass is 229 g/mol. The van der Waals surface area contributed by atoms with Crippen LogP contribution in [0.3, 0.4) is 0 Å². The number of nitrogens with zero attached hydrogens (tertiary/aromatic N) is 1. The Morgan fingerprint density at radius 1 is 1.53 bits per heavy atom. The van der Waals surface area contributed by atoms with Crippen LogP contribution in [0.1, 0.15) is 28.8 Å². The summed E-state index contributed by atoms with van der Waals surface area (Å²) in [5.41, 5.74) is 2.64. The van der Waals surface area contributed by atoms with Crippen LogP contribution in [0.2, 0.25) is 0 Å². The van der Waals surface area contributed by atoms with Crippen molar-refractivity contribution in [2.45, 2.75) is 19.3 Å². The van der Waals surface area contributed by atoms with E-state index >= 15 is 0 Å². The number of unbranched alkanes of at least 4 members (excludes halogenated alkanes) is 1. The molecule has 0 unspecified atom stereocenters. The normalized spacial score (nSPS) is 13.2. The van der Waals surface area contributed by atoms with Crippen LogP contribution < -0.4 is 4.90 Å². The van der Waals surface area contributed by atoms with E-state index in [0.717, 1.165) is 38.0 Å². The Balaban J connectivity index is 2.15. The van der Waals surface area contributed by atoms with Crippen molar-refractivity contribution < 1.29 is 9.90 Å². The van der Waals surface area contributed by atoms with Crippen molar-refractivity contribution in [1.29, 1.82) is 0 Å². The molecule has 0 saturated heterocycles. The third-order valence-corrected chi connectivity index (χ3v) is 3.07. The molecule has 0 aliphatic carbocycles. The first-order chi connectivity index (χ1) is 8.22. The topological polar surface area (TPSA) is 40.5 Å². The number of hydrogen-bond donors (Lipinski definition) is 1. The highest BCUT2D eigenvalue weighted by Gasteiger charge is 2.19. The fraction of sp³-hybridized carbons (Fsp3) is 0.357. The summed E-state index contributed by atoms with van der Waals surface area (Å²) in [6.45, 7) is 1.86. The molecular weight excluding hydrogens is 214 g/mol. The summed E-state index contributed by atoms with van der Waals surface area (Å²) in [5, 5.41) is 8.97. The Labute approximate surface area is 101 Å². The molecule has 3 heteroatoms. The fourth-order valence-electron chi connectivity index (χ4n) is 2.18. The molecule has 0 aromatic heterocycles. The lowest BCUT2D eigenvalue weighted by Crippen LogP contribution is -2.21. The van der Waals surface area contributed by atoms with Gasteiger partial charge in [-0.25, -0.2) is 4.79 Å². The molecule has 3 nitrogen and oxygen atoms in total. The number of rotatable bonds is 4. The molecule has 2 rings (SSSR count). The smallest absolute Gasteiger partial charge is 0.335 e. The van der Waals surface area contributed by atoms with Crippen LogP contribution in [-0.4, -0.2) is 24.2 Å². The van der Waals surface area contributed by atoms with E-state index < -0.39 is 5.97 Å². The first-order valence-electron chi connectivity index (χ1n) is 5.77. The Bertz CT molecular complexity index is 474. The quantitative estimate of drug-likeness (QED) is 0.635. The maximum atomic E-state index is 10.9. The first-order valence-corrected chi connectivity index (χ1v) is 5.77. The predicted molar refractivity (Wildman–Crippen MR) is 67.4 cm³/mol. The number of hydrogen-bond acceptors (Lipinski definition) is 2. The van der Waals surface area contributed by atoms with E-state index in [0.29, 0.717) is 5.56 Å². The van der Waals surface area contributed by atoms with Crippen molar-refractivity contribution in [3.8, 4) is 12.3 Å². The third-order valence-electron chi connectivity index (χ3n) is 3.07. The standard InChI is InChI=1S/C14H15NO2/c1-2-3-4-8-15-9-7-11-5-6-12(14(16)17)10-13(11)15/h1,5-6,10H,3-4,7-9H2,(H,16,17). The second-order valence-electron chi connectivity index (χ2n) is 4.19. The molecular formula is C14H15NO2. The molecule has 0 bridgehead atoms. The van der Waals surface area contributed by atoms with E-state index in [-0.39, 0.29) is 0 Å². The summed E-state index contributed by atoms with van der Waals surface area (Å²) in [7, 11) is 0. The van der Waals surface area contributed by atoms with Gasteiger partial charge in [-0.15, -0.1) is 12.3 Å². The van der Waals surface area contributed by atoms with Gasteiger partial charge in [0, 0.05) is 25.2 Å². The average Bonchev–Trinajstić information content (AvgIpc) is 2.72. The van der Waals surface area contributed by atoms with Crippen LogP contribution in [-0.2, 0) is 6.42 Å². The number of carboxylic acids is 1. The zero-order valence-corrected chi connectivity index (χ0v) is 9.65. The van der Waals surface area contributed by atoms with Crippen molar-refractivity contribution in [2.75, 3.05) is 18.0 Å².